The predicted octanol–water partition coefficient (Wildman–Crippen LogP) is 4.56. The van der Waals surface area contributed by atoms with Crippen molar-refractivity contribution < 1.29 is 9.53 Å². The average Bonchev–Trinajstić information content (AvgIpc) is 2.72. The lowest BCUT2D eigenvalue weighted by Gasteiger charge is -2.10. The van der Waals surface area contributed by atoms with Crippen LogP contribution in [0.1, 0.15) is 11.1 Å². The first-order valence-electron chi connectivity index (χ1n) is 8.46. The molecular weight excluding hydrogens is 338 g/mol. The van der Waals surface area contributed by atoms with E-state index in [9.17, 15) is 4.79 Å². The summed E-state index contributed by atoms with van der Waals surface area (Å²) < 4.78 is 5.18. The molecule has 0 radical (unpaired) electrons. The van der Waals surface area contributed by atoms with Crippen LogP contribution in [0.4, 0.5) is 10.5 Å². The maximum atomic E-state index is 12.2. The minimum absolute atomic E-state index is 0.283. The number of carbonyl (C=O) groups is 1. The zero-order valence-corrected chi connectivity index (χ0v) is 14.9. The van der Waals surface area contributed by atoms with Crippen molar-refractivity contribution in [3.63, 3.8) is 0 Å². The second-order valence-corrected chi connectivity index (χ2v) is 5.93. The predicted molar refractivity (Wildman–Crippen MR) is 105 cm³/mol. The zero-order valence-electron chi connectivity index (χ0n) is 14.9. The first kappa shape index (κ1) is 18.0. The molecule has 0 fully saturated rings. The van der Waals surface area contributed by atoms with Gasteiger partial charge in [0.1, 0.15) is 5.75 Å². The fraction of sp³-hybridized carbons (Fsp3) is 0.0909. The van der Waals surface area contributed by atoms with E-state index in [1.807, 2.05) is 60.7 Å². The number of benzene rings is 3. The van der Waals surface area contributed by atoms with E-state index >= 15 is 0 Å². The van der Waals surface area contributed by atoms with Crippen LogP contribution >= 0.6 is 0 Å². The van der Waals surface area contributed by atoms with E-state index in [-0.39, 0.29) is 6.03 Å². The number of rotatable bonds is 5. The van der Waals surface area contributed by atoms with E-state index in [4.69, 9.17) is 10.00 Å². The van der Waals surface area contributed by atoms with Crippen LogP contribution in [-0.2, 0) is 6.54 Å². The highest BCUT2D eigenvalue weighted by atomic mass is 16.5. The molecular formula is C22H19N3O2. The number of urea groups is 1. The summed E-state index contributed by atoms with van der Waals surface area (Å²) >= 11 is 0. The minimum Gasteiger partial charge on any atom is -0.497 e. The quantitative estimate of drug-likeness (QED) is 0.703. The summed E-state index contributed by atoms with van der Waals surface area (Å²) in [6.45, 7) is 0.401. The van der Waals surface area contributed by atoms with Gasteiger partial charge in [0.25, 0.3) is 0 Å². The number of nitrogens with zero attached hydrogens (tertiary/aromatic N) is 1. The molecule has 27 heavy (non-hydrogen) atoms. The van der Waals surface area contributed by atoms with E-state index in [2.05, 4.69) is 16.7 Å². The number of ether oxygens (including phenoxy) is 1. The second kappa shape index (κ2) is 8.54. The maximum absolute atomic E-state index is 12.2. The van der Waals surface area contributed by atoms with Crippen molar-refractivity contribution in [1.29, 1.82) is 5.26 Å². The molecule has 5 nitrogen and oxygen atoms in total. The van der Waals surface area contributed by atoms with Crippen molar-refractivity contribution in [2.24, 2.45) is 0 Å². The van der Waals surface area contributed by atoms with Crippen molar-refractivity contribution in [3.05, 3.63) is 83.9 Å². The van der Waals surface area contributed by atoms with Gasteiger partial charge in [-0.3, -0.25) is 0 Å². The summed E-state index contributed by atoms with van der Waals surface area (Å²) in [6.07, 6.45) is 0. The average molecular weight is 357 g/mol. The number of anilines is 1. The highest BCUT2D eigenvalue weighted by Crippen LogP contribution is 2.23. The lowest BCUT2D eigenvalue weighted by atomic mass is 10.0. The summed E-state index contributed by atoms with van der Waals surface area (Å²) in [4.78, 5) is 12.2. The molecule has 3 aromatic carbocycles. The van der Waals surface area contributed by atoms with Gasteiger partial charge in [-0.1, -0.05) is 36.4 Å². The first-order chi connectivity index (χ1) is 13.2. The van der Waals surface area contributed by atoms with Crippen LogP contribution in [-0.4, -0.2) is 13.1 Å². The Morgan fingerprint density at radius 2 is 1.78 bits per heavy atom. The van der Waals surface area contributed by atoms with E-state index in [1.54, 1.807) is 19.2 Å². The van der Waals surface area contributed by atoms with Crippen LogP contribution in [0.15, 0.2) is 72.8 Å². The van der Waals surface area contributed by atoms with Crippen LogP contribution in [0, 0.1) is 11.3 Å². The van der Waals surface area contributed by atoms with Gasteiger partial charge in [-0.15, -0.1) is 0 Å². The number of hydrogen-bond donors (Lipinski definition) is 2. The highest BCUT2D eigenvalue weighted by molar-refractivity contribution is 5.90. The van der Waals surface area contributed by atoms with Gasteiger partial charge in [-0.2, -0.15) is 5.26 Å². The lowest BCUT2D eigenvalue weighted by molar-refractivity contribution is 0.251. The third kappa shape index (κ3) is 4.86. The summed E-state index contributed by atoms with van der Waals surface area (Å²) in [5.41, 5.74) is 4.21. The molecule has 2 N–H and O–H groups in total. The minimum atomic E-state index is -0.283. The molecule has 0 aliphatic heterocycles. The normalized spacial score (nSPS) is 9.93. The smallest absolute Gasteiger partial charge is 0.319 e. The molecule has 0 saturated carbocycles. The third-order valence-electron chi connectivity index (χ3n) is 4.05. The molecule has 0 atom stereocenters. The molecule has 0 aliphatic rings. The van der Waals surface area contributed by atoms with Crippen molar-refractivity contribution in [3.8, 4) is 22.9 Å². The summed E-state index contributed by atoms with van der Waals surface area (Å²) in [6, 6.07) is 24.3. The van der Waals surface area contributed by atoms with Crippen molar-refractivity contribution in [2.45, 2.75) is 6.54 Å². The van der Waals surface area contributed by atoms with Gasteiger partial charge >= 0.3 is 6.03 Å². The second-order valence-electron chi connectivity index (χ2n) is 5.93. The molecule has 0 saturated heterocycles. The van der Waals surface area contributed by atoms with Crippen LogP contribution in [0.5, 0.6) is 5.75 Å². The van der Waals surface area contributed by atoms with Crippen LogP contribution in [0.3, 0.4) is 0 Å². The summed E-state index contributed by atoms with van der Waals surface area (Å²) in [5.74, 6) is 0.754. The van der Waals surface area contributed by atoms with Gasteiger partial charge < -0.3 is 15.4 Å². The highest BCUT2D eigenvalue weighted by Gasteiger charge is 2.05. The maximum Gasteiger partial charge on any atom is 0.319 e. The fourth-order valence-electron chi connectivity index (χ4n) is 2.65. The number of methoxy groups -OCH3 is 1. The van der Waals surface area contributed by atoms with Gasteiger partial charge in [-0.05, 0) is 53.1 Å². The Balaban J connectivity index is 1.63. The van der Waals surface area contributed by atoms with Gasteiger partial charge in [0.2, 0.25) is 0 Å². The van der Waals surface area contributed by atoms with Gasteiger partial charge in [-0.25, -0.2) is 4.79 Å². The lowest BCUT2D eigenvalue weighted by Crippen LogP contribution is -2.28. The summed E-state index contributed by atoms with van der Waals surface area (Å²) in [7, 11) is 1.61. The Hall–Kier alpha value is -3.78. The van der Waals surface area contributed by atoms with Gasteiger partial charge in [0.05, 0.1) is 18.7 Å². The van der Waals surface area contributed by atoms with E-state index < -0.39 is 0 Å². The molecule has 0 spiro atoms. The number of carbonyl (C=O) groups excluding carboxylic acids is 1. The molecule has 2 amide bonds. The molecule has 0 heterocycles. The van der Waals surface area contributed by atoms with Gasteiger partial charge in [0.15, 0.2) is 0 Å². The van der Waals surface area contributed by atoms with Crippen LogP contribution < -0.4 is 15.4 Å². The zero-order chi connectivity index (χ0) is 19.1. The SMILES string of the molecule is COc1cccc(CNC(=O)Nc2cccc(-c3ccc(C#N)cc3)c2)c1. The number of hydrogen-bond acceptors (Lipinski definition) is 3. The molecule has 0 bridgehead atoms. The number of nitriles is 1. The van der Waals surface area contributed by atoms with E-state index in [1.165, 1.54) is 0 Å². The summed E-state index contributed by atoms with van der Waals surface area (Å²) in [5, 5.41) is 14.6. The van der Waals surface area contributed by atoms with E-state index in [0.717, 1.165) is 22.4 Å². The third-order valence-corrected chi connectivity index (χ3v) is 4.05. The largest absolute Gasteiger partial charge is 0.497 e. The van der Waals surface area contributed by atoms with E-state index in [0.29, 0.717) is 17.8 Å². The molecule has 3 rings (SSSR count). The van der Waals surface area contributed by atoms with Crippen LogP contribution in [0.25, 0.3) is 11.1 Å². The molecule has 5 heteroatoms. The monoisotopic (exact) mass is 357 g/mol. The van der Waals surface area contributed by atoms with Crippen molar-refractivity contribution in [1.82, 2.24) is 5.32 Å². The molecule has 0 unspecified atom stereocenters. The Morgan fingerprint density at radius 3 is 2.52 bits per heavy atom. The van der Waals surface area contributed by atoms with Crippen LogP contribution in [0.2, 0.25) is 0 Å². The number of amides is 2. The Labute approximate surface area is 158 Å². The fourth-order valence-corrected chi connectivity index (χ4v) is 2.65. The Morgan fingerprint density at radius 1 is 1.00 bits per heavy atom. The first-order valence-corrected chi connectivity index (χ1v) is 8.46. The van der Waals surface area contributed by atoms with Gasteiger partial charge in [0, 0.05) is 12.2 Å². The van der Waals surface area contributed by atoms with Crippen molar-refractivity contribution in [2.75, 3.05) is 12.4 Å². The molecule has 134 valence electrons. The molecule has 0 aliphatic carbocycles. The topological polar surface area (TPSA) is 74.2 Å². The molecule has 3 aromatic rings. The van der Waals surface area contributed by atoms with Crippen molar-refractivity contribution >= 4 is 11.7 Å². The molecule has 0 aromatic heterocycles. The standard InChI is InChI=1S/C22H19N3O2/c1-27-21-7-2-4-17(12-21)15-24-22(26)25-20-6-3-5-19(13-20)18-10-8-16(14-23)9-11-18/h2-13H,15H2,1H3,(H2,24,25,26). The Bertz CT molecular complexity index is 975. The Kier molecular flexibility index (Phi) is 5.70. The number of nitrogens with one attached hydrogen (secondary N) is 2.